The van der Waals surface area contributed by atoms with E-state index in [-0.39, 0.29) is 0 Å². The Labute approximate surface area is 175 Å². The highest BCUT2D eigenvalue weighted by Crippen LogP contribution is 2.30. The van der Waals surface area contributed by atoms with Crippen LogP contribution in [0.3, 0.4) is 0 Å². The number of nitrogens with zero attached hydrogens (tertiary/aromatic N) is 3. The second kappa shape index (κ2) is 8.09. The minimum Gasteiger partial charge on any atom is -0.368 e. The van der Waals surface area contributed by atoms with Crippen molar-refractivity contribution in [3.8, 4) is 29.0 Å². The van der Waals surface area contributed by atoms with Crippen LogP contribution in [0, 0.1) is 23.2 Å². The molecule has 0 aliphatic rings. The molecule has 4 heteroatoms. The molecule has 0 aliphatic carbocycles. The Kier molecular flexibility index (Phi) is 5.18. The summed E-state index contributed by atoms with van der Waals surface area (Å²) in [7, 11) is 1.82. The minimum atomic E-state index is -1.58. The summed E-state index contributed by atoms with van der Waals surface area (Å²) in [6, 6.07) is 26.8. The predicted octanol–water partition coefficient (Wildman–Crippen LogP) is 4.25. The number of hydrogen-bond donors (Lipinski definition) is 1. The van der Waals surface area contributed by atoms with E-state index in [0.717, 1.165) is 16.7 Å². The molecule has 1 N–H and O–H groups in total. The molecule has 4 aromatic rings. The van der Waals surface area contributed by atoms with E-state index in [1.54, 1.807) is 41.4 Å². The Morgan fingerprint density at radius 3 is 2.30 bits per heavy atom. The largest absolute Gasteiger partial charge is 0.368 e. The van der Waals surface area contributed by atoms with Gasteiger partial charge >= 0.3 is 0 Å². The summed E-state index contributed by atoms with van der Waals surface area (Å²) in [6.45, 7) is 0. The zero-order valence-electron chi connectivity index (χ0n) is 16.4. The molecule has 144 valence electrons. The molecule has 1 heterocycles. The van der Waals surface area contributed by atoms with Crippen LogP contribution in [0.5, 0.6) is 0 Å². The number of aliphatic hydroxyl groups is 1. The fourth-order valence-corrected chi connectivity index (χ4v) is 3.40. The number of hydrogen-bond acceptors (Lipinski definition) is 3. The van der Waals surface area contributed by atoms with Gasteiger partial charge in [-0.15, -0.1) is 0 Å². The normalized spacial score (nSPS) is 12.3. The lowest BCUT2D eigenvalue weighted by atomic mass is 9.89. The topological polar surface area (TPSA) is 61.8 Å². The number of benzene rings is 3. The molecule has 4 nitrogen and oxygen atoms in total. The van der Waals surface area contributed by atoms with Gasteiger partial charge < -0.3 is 9.67 Å². The van der Waals surface area contributed by atoms with Gasteiger partial charge in [0.1, 0.15) is 0 Å². The van der Waals surface area contributed by atoms with E-state index in [2.05, 4.69) is 22.9 Å². The average molecular weight is 389 g/mol. The molecular formula is C26H19N3O. The van der Waals surface area contributed by atoms with Crippen LogP contribution < -0.4 is 0 Å². The van der Waals surface area contributed by atoms with Gasteiger partial charge in [-0.1, -0.05) is 72.5 Å². The summed E-state index contributed by atoms with van der Waals surface area (Å²) in [4.78, 5) is 4.15. The van der Waals surface area contributed by atoms with Crippen molar-refractivity contribution in [1.82, 2.24) is 9.55 Å². The van der Waals surface area contributed by atoms with Crippen LogP contribution in [0.2, 0.25) is 0 Å². The Morgan fingerprint density at radius 1 is 0.933 bits per heavy atom. The lowest BCUT2D eigenvalue weighted by Gasteiger charge is -2.23. The summed E-state index contributed by atoms with van der Waals surface area (Å²) in [5.74, 6) is 6.27. The molecule has 1 atom stereocenters. The lowest BCUT2D eigenvalue weighted by Crippen LogP contribution is -2.28. The van der Waals surface area contributed by atoms with E-state index in [9.17, 15) is 5.11 Å². The van der Waals surface area contributed by atoms with Gasteiger partial charge in [-0.25, -0.2) is 4.98 Å². The molecule has 3 aromatic carbocycles. The molecular weight excluding hydrogens is 370 g/mol. The summed E-state index contributed by atoms with van der Waals surface area (Å²) >= 11 is 0. The van der Waals surface area contributed by atoms with E-state index in [0.29, 0.717) is 16.8 Å². The molecule has 0 bridgehead atoms. The van der Waals surface area contributed by atoms with Gasteiger partial charge in [0.2, 0.25) is 0 Å². The molecule has 0 amide bonds. The third-order valence-electron chi connectivity index (χ3n) is 5.01. The highest BCUT2D eigenvalue weighted by molar-refractivity contribution is 5.71. The van der Waals surface area contributed by atoms with Crippen molar-refractivity contribution < 1.29 is 5.11 Å². The fourth-order valence-electron chi connectivity index (χ4n) is 3.40. The summed E-state index contributed by atoms with van der Waals surface area (Å²) in [5.41, 5.74) is 2.95. The fraction of sp³-hybridized carbons (Fsp3) is 0.0769. The van der Waals surface area contributed by atoms with Gasteiger partial charge in [-0.3, -0.25) is 0 Å². The molecule has 0 spiro atoms. The van der Waals surface area contributed by atoms with Crippen molar-refractivity contribution in [3.05, 3.63) is 114 Å². The molecule has 4 rings (SSSR count). The minimum absolute atomic E-state index is 0.522. The van der Waals surface area contributed by atoms with Gasteiger partial charge in [0.15, 0.2) is 5.60 Å². The number of imidazole rings is 1. The predicted molar refractivity (Wildman–Crippen MR) is 116 cm³/mol. The average Bonchev–Trinajstić information content (AvgIpc) is 3.25. The van der Waals surface area contributed by atoms with Gasteiger partial charge in [-0.2, -0.15) is 5.26 Å². The maximum absolute atomic E-state index is 11.7. The van der Waals surface area contributed by atoms with E-state index in [1.165, 1.54) is 0 Å². The molecule has 0 aliphatic heterocycles. The molecule has 1 aromatic heterocycles. The third-order valence-corrected chi connectivity index (χ3v) is 5.01. The number of rotatable bonds is 3. The van der Waals surface area contributed by atoms with Crippen LogP contribution in [-0.4, -0.2) is 14.7 Å². The first-order valence-electron chi connectivity index (χ1n) is 9.49. The summed E-state index contributed by atoms with van der Waals surface area (Å²) < 4.78 is 1.75. The van der Waals surface area contributed by atoms with Crippen LogP contribution in [-0.2, 0) is 12.6 Å². The van der Waals surface area contributed by atoms with Gasteiger partial charge in [0, 0.05) is 18.2 Å². The molecule has 0 radical (unpaired) electrons. The monoisotopic (exact) mass is 389 g/mol. The van der Waals surface area contributed by atoms with Crippen LogP contribution in [0.4, 0.5) is 0 Å². The van der Waals surface area contributed by atoms with Crippen molar-refractivity contribution in [2.45, 2.75) is 5.60 Å². The number of aryl methyl sites for hydroxylation is 1. The first-order chi connectivity index (χ1) is 14.6. The van der Waals surface area contributed by atoms with Crippen molar-refractivity contribution in [3.63, 3.8) is 0 Å². The Bertz CT molecular complexity index is 1270. The second-order valence-electron chi connectivity index (χ2n) is 6.95. The second-order valence-corrected chi connectivity index (χ2v) is 6.95. The first kappa shape index (κ1) is 19.2. The quantitative estimate of drug-likeness (QED) is 0.533. The van der Waals surface area contributed by atoms with E-state index in [1.807, 2.05) is 61.6 Å². The van der Waals surface area contributed by atoms with Gasteiger partial charge in [-0.05, 0) is 29.3 Å². The van der Waals surface area contributed by atoms with Crippen molar-refractivity contribution in [2.24, 2.45) is 7.05 Å². The van der Waals surface area contributed by atoms with Crippen molar-refractivity contribution in [1.29, 1.82) is 5.26 Å². The highest BCUT2D eigenvalue weighted by atomic mass is 16.3. The van der Waals surface area contributed by atoms with Crippen LogP contribution in [0.1, 0.15) is 22.4 Å². The van der Waals surface area contributed by atoms with E-state index < -0.39 is 5.60 Å². The van der Waals surface area contributed by atoms with Gasteiger partial charge in [0.05, 0.1) is 29.9 Å². The van der Waals surface area contributed by atoms with Gasteiger partial charge in [0.25, 0.3) is 0 Å². The van der Waals surface area contributed by atoms with Crippen LogP contribution >= 0.6 is 0 Å². The van der Waals surface area contributed by atoms with Crippen LogP contribution in [0.25, 0.3) is 11.1 Å². The lowest BCUT2D eigenvalue weighted by molar-refractivity contribution is 0.137. The Hall–Kier alpha value is -4.12. The highest BCUT2D eigenvalue weighted by Gasteiger charge is 2.32. The van der Waals surface area contributed by atoms with Crippen molar-refractivity contribution in [2.75, 3.05) is 0 Å². The standard InChI is InChI=1S/C26H19N3O/c1-29-19-28-18-25(29)26(30,23-13-11-20(17-27)12-14-23)16-15-22-9-5-6-10-24(22)21-7-3-2-4-8-21/h2-14,18-19,30H,1H3. The molecule has 0 saturated heterocycles. The SMILES string of the molecule is Cn1cncc1C(O)(C#Cc1ccccc1-c1ccccc1)c1ccc(C#N)cc1. The molecule has 0 fully saturated rings. The number of nitriles is 1. The third kappa shape index (κ3) is 3.61. The smallest absolute Gasteiger partial charge is 0.193 e. The van der Waals surface area contributed by atoms with Crippen LogP contribution in [0.15, 0.2) is 91.4 Å². The maximum atomic E-state index is 11.7. The molecule has 0 saturated carbocycles. The first-order valence-corrected chi connectivity index (χ1v) is 9.49. The summed E-state index contributed by atoms with van der Waals surface area (Å²) in [5, 5.41) is 20.8. The Morgan fingerprint density at radius 2 is 1.63 bits per heavy atom. The van der Waals surface area contributed by atoms with E-state index in [4.69, 9.17) is 5.26 Å². The molecule has 1 unspecified atom stereocenters. The zero-order valence-corrected chi connectivity index (χ0v) is 16.4. The number of aromatic nitrogens is 2. The van der Waals surface area contributed by atoms with E-state index >= 15 is 0 Å². The van der Waals surface area contributed by atoms with Crippen molar-refractivity contribution >= 4 is 0 Å². The Balaban J connectivity index is 1.86. The molecule has 30 heavy (non-hydrogen) atoms. The summed E-state index contributed by atoms with van der Waals surface area (Å²) in [6.07, 6.45) is 3.24. The maximum Gasteiger partial charge on any atom is 0.193 e. The zero-order chi connectivity index (χ0) is 21.0.